The lowest BCUT2D eigenvalue weighted by atomic mass is 10.0. The standard InChI is InChI=1S/C14H22N2O4/c1-9(2)12(14(19)15-10(3)6-7-17)16-13(18)11-5-4-8-20-11/h4-5,8-10,12,17H,6-7H2,1-3H3,(H,15,19)(H,16,18). The van der Waals surface area contributed by atoms with Gasteiger partial charge in [0.05, 0.1) is 6.26 Å². The number of carbonyl (C=O) groups is 2. The van der Waals surface area contributed by atoms with Crippen LogP contribution in [0.2, 0.25) is 0 Å². The molecule has 0 saturated carbocycles. The second-order valence-corrected chi connectivity index (χ2v) is 5.09. The molecule has 1 heterocycles. The van der Waals surface area contributed by atoms with Crippen molar-refractivity contribution in [1.29, 1.82) is 0 Å². The molecule has 2 unspecified atom stereocenters. The maximum absolute atomic E-state index is 12.1. The summed E-state index contributed by atoms with van der Waals surface area (Å²) in [7, 11) is 0. The second kappa shape index (κ2) is 7.69. The van der Waals surface area contributed by atoms with Crippen molar-refractivity contribution >= 4 is 11.8 Å². The lowest BCUT2D eigenvalue weighted by molar-refractivity contribution is -0.124. The number of hydrogen-bond donors (Lipinski definition) is 3. The van der Waals surface area contributed by atoms with E-state index >= 15 is 0 Å². The molecule has 2 atom stereocenters. The van der Waals surface area contributed by atoms with Crippen molar-refractivity contribution in [3.8, 4) is 0 Å². The van der Waals surface area contributed by atoms with E-state index in [1.165, 1.54) is 6.26 Å². The summed E-state index contributed by atoms with van der Waals surface area (Å²) in [5.74, 6) is -0.568. The molecule has 0 aliphatic rings. The van der Waals surface area contributed by atoms with Crippen LogP contribution in [0, 0.1) is 5.92 Å². The molecule has 0 bridgehead atoms. The van der Waals surface area contributed by atoms with Crippen molar-refractivity contribution in [3.05, 3.63) is 24.2 Å². The molecule has 1 rings (SSSR count). The molecule has 0 spiro atoms. The van der Waals surface area contributed by atoms with E-state index in [-0.39, 0.29) is 30.2 Å². The zero-order valence-electron chi connectivity index (χ0n) is 12.1. The first-order chi connectivity index (χ1) is 9.45. The van der Waals surface area contributed by atoms with Crippen LogP contribution in [0.15, 0.2) is 22.8 Å². The van der Waals surface area contributed by atoms with Crippen molar-refractivity contribution in [2.45, 2.75) is 39.3 Å². The minimum Gasteiger partial charge on any atom is -0.459 e. The van der Waals surface area contributed by atoms with Gasteiger partial charge in [-0.25, -0.2) is 0 Å². The molecule has 3 N–H and O–H groups in total. The Balaban J connectivity index is 2.64. The highest BCUT2D eigenvalue weighted by atomic mass is 16.3. The molecule has 0 radical (unpaired) electrons. The van der Waals surface area contributed by atoms with E-state index in [0.717, 1.165) is 0 Å². The van der Waals surface area contributed by atoms with Crippen LogP contribution in [-0.4, -0.2) is 35.6 Å². The summed E-state index contributed by atoms with van der Waals surface area (Å²) < 4.78 is 5.00. The van der Waals surface area contributed by atoms with Crippen LogP contribution in [0.1, 0.15) is 37.7 Å². The zero-order valence-corrected chi connectivity index (χ0v) is 12.1. The highest BCUT2D eigenvalue weighted by molar-refractivity contribution is 5.95. The fraction of sp³-hybridized carbons (Fsp3) is 0.571. The zero-order chi connectivity index (χ0) is 15.1. The van der Waals surface area contributed by atoms with E-state index in [1.54, 1.807) is 19.1 Å². The molecular formula is C14H22N2O4. The first-order valence-corrected chi connectivity index (χ1v) is 6.71. The van der Waals surface area contributed by atoms with E-state index in [1.807, 2.05) is 13.8 Å². The Bertz CT molecular complexity index is 428. The van der Waals surface area contributed by atoms with Gasteiger partial charge in [0.15, 0.2) is 5.76 Å². The van der Waals surface area contributed by atoms with Crippen LogP contribution in [0.3, 0.4) is 0 Å². The number of nitrogens with one attached hydrogen (secondary N) is 2. The average molecular weight is 282 g/mol. The fourth-order valence-electron chi connectivity index (χ4n) is 1.75. The summed E-state index contributed by atoms with van der Waals surface area (Å²) in [4.78, 5) is 24.0. The third-order valence-corrected chi connectivity index (χ3v) is 2.93. The van der Waals surface area contributed by atoms with Gasteiger partial charge in [-0.3, -0.25) is 9.59 Å². The Hall–Kier alpha value is -1.82. The Morgan fingerprint density at radius 3 is 2.50 bits per heavy atom. The number of aliphatic hydroxyl groups excluding tert-OH is 1. The normalized spacial score (nSPS) is 13.8. The first kappa shape index (κ1) is 16.2. The van der Waals surface area contributed by atoms with Crippen LogP contribution in [-0.2, 0) is 4.79 Å². The molecule has 0 aliphatic heterocycles. The minimum absolute atomic E-state index is 0.00649. The topological polar surface area (TPSA) is 91.6 Å². The van der Waals surface area contributed by atoms with E-state index in [9.17, 15) is 9.59 Å². The van der Waals surface area contributed by atoms with E-state index in [2.05, 4.69) is 10.6 Å². The van der Waals surface area contributed by atoms with Gasteiger partial charge < -0.3 is 20.2 Å². The maximum atomic E-state index is 12.1. The molecular weight excluding hydrogens is 260 g/mol. The van der Waals surface area contributed by atoms with Crippen LogP contribution >= 0.6 is 0 Å². The van der Waals surface area contributed by atoms with Gasteiger partial charge in [0.1, 0.15) is 6.04 Å². The highest BCUT2D eigenvalue weighted by Crippen LogP contribution is 2.06. The maximum Gasteiger partial charge on any atom is 0.287 e. The fourth-order valence-corrected chi connectivity index (χ4v) is 1.75. The Kier molecular flexibility index (Phi) is 6.24. The summed E-state index contributed by atoms with van der Waals surface area (Å²) in [6.45, 7) is 5.51. The molecule has 0 aliphatic carbocycles. The van der Waals surface area contributed by atoms with Gasteiger partial charge in [0, 0.05) is 12.6 Å². The predicted molar refractivity (Wildman–Crippen MR) is 74.1 cm³/mol. The number of amides is 2. The molecule has 6 nitrogen and oxygen atoms in total. The molecule has 1 aromatic rings. The predicted octanol–water partition coefficient (Wildman–Crippen LogP) is 0.921. The molecule has 2 amide bonds. The van der Waals surface area contributed by atoms with E-state index in [4.69, 9.17) is 9.52 Å². The van der Waals surface area contributed by atoms with Crippen molar-refractivity contribution in [2.24, 2.45) is 5.92 Å². The number of hydrogen-bond acceptors (Lipinski definition) is 4. The summed E-state index contributed by atoms with van der Waals surface area (Å²) in [5, 5.41) is 14.3. The Morgan fingerprint density at radius 1 is 1.30 bits per heavy atom. The minimum atomic E-state index is -0.645. The Labute approximate surface area is 118 Å². The van der Waals surface area contributed by atoms with Crippen LogP contribution in [0.25, 0.3) is 0 Å². The number of furan rings is 1. The molecule has 0 saturated heterocycles. The van der Waals surface area contributed by atoms with E-state index in [0.29, 0.717) is 6.42 Å². The van der Waals surface area contributed by atoms with Gasteiger partial charge in [-0.2, -0.15) is 0 Å². The van der Waals surface area contributed by atoms with E-state index < -0.39 is 11.9 Å². The quantitative estimate of drug-likeness (QED) is 0.693. The summed E-state index contributed by atoms with van der Waals surface area (Å²) in [6.07, 6.45) is 1.88. The van der Waals surface area contributed by atoms with Crippen molar-refractivity contribution in [1.82, 2.24) is 10.6 Å². The van der Waals surface area contributed by atoms with Crippen molar-refractivity contribution in [3.63, 3.8) is 0 Å². The van der Waals surface area contributed by atoms with Gasteiger partial charge in [0.2, 0.25) is 5.91 Å². The van der Waals surface area contributed by atoms with Crippen LogP contribution < -0.4 is 10.6 Å². The summed E-state index contributed by atoms with van der Waals surface area (Å²) in [5.41, 5.74) is 0. The number of carbonyl (C=O) groups excluding carboxylic acids is 2. The molecule has 6 heteroatoms. The molecule has 0 aromatic carbocycles. The summed E-state index contributed by atoms with van der Waals surface area (Å²) in [6, 6.07) is 2.37. The molecule has 0 fully saturated rings. The third kappa shape index (κ3) is 4.70. The summed E-state index contributed by atoms with van der Waals surface area (Å²) >= 11 is 0. The lowest BCUT2D eigenvalue weighted by Crippen LogP contribution is -2.51. The van der Waals surface area contributed by atoms with Gasteiger partial charge >= 0.3 is 0 Å². The largest absolute Gasteiger partial charge is 0.459 e. The number of rotatable bonds is 7. The lowest BCUT2D eigenvalue weighted by Gasteiger charge is -2.23. The van der Waals surface area contributed by atoms with Gasteiger partial charge in [-0.15, -0.1) is 0 Å². The Morgan fingerprint density at radius 2 is 2.00 bits per heavy atom. The second-order valence-electron chi connectivity index (χ2n) is 5.09. The van der Waals surface area contributed by atoms with Crippen LogP contribution in [0.5, 0.6) is 0 Å². The molecule has 20 heavy (non-hydrogen) atoms. The van der Waals surface area contributed by atoms with Crippen molar-refractivity contribution < 1.29 is 19.1 Å². The van der Waals surface area contributed by atoms with Crippen LogP contribution in [0.4, 0.5) is 0 Å². The smallest absolute Gasteiger partial charge is 0.287 e. The molecule has 1 aromatic heterocycles. The average Bonchev–Trinajstić information content (AvgIpc) is 2.89. The van der Waals surface area contributed by atoms with Gasteiger partial charge in [-0.05, 0) is 31.4 Å². The highest BCUT2D eigenvalue weighted by Gasteiger charge is 2.26. The van der Waals surface area contributed by atoms with Gasteiger partial charge in [-0.1, -0.05) is 13.8 Å². The third-order valence-electron chi connectivity index (χ3n) is 2.93. The first-order valence-electron chi connectivity index (χ1n) is 6.71. The number of aliphatic hydroxyl groups is 1. The van der Waals surface area contributed by atoms with Crippen molar-refractivity contribution in [2.75, 3.05) is 6.61 Å². The molecule has 112 valence electrons. The SMILES string of the molecule is CC(CCO)NC(=O)C(NC(=O)c1ccco1)C(C)C. The monoisotopic (exact) mass is 282 g/mol. The van der Waals surface area contributed by atoms with Gasteiger partial charge in [0.25, 0.3) is 5.91 Å².